The van der Waals surface area contributed by atoms with Crippen molar-refractivity contribution in [1.82, 2.24) is 4.90 Å². The first-order valence-electron chi connectivity index (χ1n) is 11.5. The van der Waals surface area contributed by atoms with Gasteiger partial charge in [0.2, 0.25) is 0 Å². The van der Waals surface area contributed by atoms with Crippen molar-refractivity contribution in [3.63, 3.8) is 0 Å². The minimum Gasteiger partial charge on any atom is -0.488 e. The molecule has 0 unspecified atom stereocenters. The molecule has 1 amide bonds. The second-order valence-electron chi connectivity index (χ2n) is 9.16. The summed E-state index contributed by atoms with van der Waals surface area (Å²) in [6.45, 7) is 9.49. The van der Waals surface area contributed by atoms with Crippen LogP contribution in [-0.2, 0) is 26.3 Å². The van der Waals surface area contributed by atoms with Crippen molar-refractivity contribution in [3.05, 3.63) is 68.5 Å². The zero-order valence-corrected chi connectivity index (χ0v) is 23.6. The number of carbonyl (C=O) groups excluding carboxylic acids is 2. The maximum Gasteiger partial charge on any atom is 0.305 e. The van der Waals surface area contributed by atoms with Gasteiger partial charge in [-0.2, -0.15) is 0 Å². The molecule has 35 heavy (non-hydrogen) atoms. The van der Waals surface area contributed by atoms with E-state index in [1.54, 1.807) is 11.8 Å². The van der Waals surface area contributed by atoms with Crippen LogP contribution in [0.3, 0.4) is 0 Å². The zero-order valence-electron chi connectivity index (χ0n) is 20.4. The third-order valence-electron chi connectivity index (χ3n) is 5.41. The number of thioether (sulfide) groups is 1. The van der Waals surface area contributed by atoms with Crippen LogP contribution in [0, 0.1) is 0 Å². The van der Waals surface area contributed by atoms with E-state index in [-0.39, 0.29) is 23.7 Å². The topological polar surface area (TPSA) is 55.8 Å². The number of thiocarbonyl (C=S) groups is 1. The van der Waals surface area contributed by atoms with Gasteiger partial charge in [-0.25, -0.2) is 0 Å². The summed E-state index contributed by atoms with van der Waals surface area (Å²) in [6.07, 6.45) is 2.57. The fourth-order valence-electron chi connectivity index (χ4n) is 3.47. The zero-order chi connectivity index (χ0) is 25.6. The van der Waals surface area contributed by atoms with Crippen LogP contribution < -0.4 is 4.74 Å². The first kappa shape index (κ1) is 27.4. The SMILES string of the molecule is CCOC(=O)CCCN1C(=O)/C(=C\c2cc(Br)ccc2OCc2ccc(C(C)(C)C)cc2)SC1=S. The number of halogens is 1. The fraction of sp³-hybridized carbons (Fsp3) is 0.370. The van der Waals surface area contributed by atoms with E-state index in [0.717, 1.165) is 15.6 Å². The van der Waals surface area contributed by atoms with Crippen molar-refractivity contribution in [1.29, 1.82) is 0 Å². The highest BCUT2D eigenvalue weighted by atomic mass is 79.9. The molecule has 2 aromatic carbocycles. The quantitative estimate of drug-likeness (QED) is 0.185. The normalized spacial score (nSPS) is 15.1. The Bertz CT molecular complexity index is 1120. The Morgan fingerprint density at radius 3 is 2.54 bits per heavy atom. The van der Waals surface area contributed by atoms with E-state index in [0.29, 0.717) is 41.2 Å². The molecule has 5 nitrogen and oxygen atoms in total. The molecule has 1 heterocycles. The molecule has 0 bridgehead atoms. The van der Waals surface area contributed by atoms with E-state index < -0.39 is 0 Å². The van der Waals surface area contributed by atoms with Gasteiger partial charge < -0.3 is 9.47 Å². The Morgan fingerprint density at radius 2 is 1.89 bits per heavy atom. The Morgan fingerprint density at radius 1 is 1.17 bits per heavy atom. The van der Waals surface area contributed by atoms with Crippen molar-refractivity contribution in [3.8, 4) is 5.75 Å². The first-order chi connectivity index (χ1) is 16.6. The van der Waals surface area contributed by atoms with Gasteiger partial charge in [0.15, 0.2) is 0 Å². The smallest absolute Gasteiger partial charge is 0.305 e. The molecule has 0 N–H and O–H groups in total. The first-order valence-corrected chi connectivity index (χ1v) is 13.5. The summed E-state index contributed by atoms with van der Waals surface area (Å²) in [5.41, 5.74) is 3.23. The van der Waals surface area contributed by atoms with Crippen LogP contribution >= 0.6 is 39.9 Å². The minimum atomic E-state index is -0.266. The van der Waals surface area contributed by atoms with Crippen LogP contribution in [0.5, 0.6) is 5.75 Å². The molecule has 0 aliphatic carbocycles. The summed E-state index contributed by atoms with van der Waals surface area (Å²) in [6, 6.07) is 14.2. The van der Waals surface area contributed by atoms with Crippen LogP contribution in [0.15, 0.2) is 51.8 Å². The highest BCUT2D eigenvalue weighted by Crippen LogP contribution is 2.35. The number of ether oxygens (including phenoxy) is 2. The molecule has 3 rings (SSSR count). The monoisotopic (exact) mass is 575 g/mol. The lowest BCUT2D eigenvalue weighted by Gasteiger charge is -2.19. The Balaban J connectivity index is 1.70. The van der Waals surface area contributed by atoms with Crippen LogP contribution in [0.25, 0.3) is 6.08 Å². The molecule has 0 atom stereocenters. The highest BCUT2D eigenvalue weighted by Gasteiger charge is 2.32. The van der Waals surface area contributed by atoms with Crippen molar-refractivity contribution in [2.75, 3.05) is 13.2 Å². The van der Waals surface area contributed by atoms with Crippen molar-refractivity contribution in [2.45, 2.75) is 52.6 Å². The molecular weight excluding hydrogens is 546 g/mol. The maximum atomic E-state index is 13.0. The summed E-state index contributed by atoms with van der Waals surface area (Å²) < 4.78 is 12.5. The molecule has 0 spiro atoms. The van der Waals surface area contributed by atoms with Gasteiger partial charge in [0, 0.05) is 23.0 Å². The highest BCUT2D eigenvalue weighted by molar-refractivity contribution is 9.10. The molecule has 8 heteroatoms. The number of hydrogen-bond acceptors (Lipinski definition) is 6. The minimum absolute atomic E-state index is 0.100. The molecule has 0 aromatic heterocycles. The van der Waals surface area contributed by atoms with Crippen molar-refractivity contribution >= 4 is 62.2 Å². The molecule has 1 aliphatic heterocycles. The summed E-state index contributed by atoms with van der Waals surface area (Å²) in [7, 11) is 0. The van der Waals surface area contributed by atoms with Gasteiger partial charge in [-0.3, -0.25) is 14.5 Å². The van der Waals surface area contributed by atoms with E-state index >= 15 is 0 Å². The fourth-order valence-corrected chi connectivity index (χ4v) is 5.15. The van der Waals surface area contributed by atoms with Crippen LogP contribution in [0.4, 0.5) is 0 Å². The molecule has 186 valence electrons. The second-order valence-corrected chi connectivity index (χ2v) is 11.8. The number of amides is 1. The van der Waals surface area contributed by atoms with Crippen LogP contribution in [0.1, 0.15) is 57.2 Å². The van der Waals surface area contributed by atoms with E-state index in [9.17, 15) is 9.59 Å². The van der Waals surface area contributed by atoms with Gasteiger partial charge in [0.05, 0.1) is 11.5 Å². The second kappa shape index (κ2) is 12.2. The van der Waals surface area contributed by atoms with Gasteiger partial charge in [0.25, 0.3) is 5.91 Å². The Kier molecular flexibility index (Phi) is 9.55. The van der Waals surface area contributed by atoms with E-state index in [1.165, 1.54) is 17.3 Å². The third-order valence-corrected chi connectivity index (χ3v) is 7.29. The predicted octanol–water partition coefficient (Wildman–Crippen LogP) is 6.87. The number of carbonyl (C=O) groups is 2. The largest absolute Gasteiger partial charge is 0.488 e. The maximum absolute atomic E-state index is 13.0. The third kappa shape index (κ3) is 7.66. The van der Waals surface area contributed by atoms with Crippen LogP contribution in [0.2, 0.25) is 0 Å². The van der Waals surface area contributed by atoms with E-state index in [1.807, 2.05) is 24.3 Å². The van der Waals surface area contributed by atoms with Gasteiger partial charge in [0.1, 0.15) is 16.7 Å². The van der Waals surface area contributed by atoms with Gasteiger partial charge in [-0.15, -0.1) is 0 Å². The standard InChI is InChI=1S/C27H30BrNO4S2/c1-5-32-24(30)7-6-14-29-25(31)23(35-26(29)34)16-19-15-21(28)12-13-22(19)33-17-18-8-10-20(11-9-18)27(2,3)4/h8-13,15-16H,5-7,14,17H2,1-4H3/b23-16+. The van der Waals surface area contributed by atoms with Crippen molar-refractivity contribution in [2.24, 2.45) is 0 Å². The lowest BCUT2D eigenvalue weighted by atomic mass is 9.87. The number of nitrogens with zero attached hydrogens (tertiary/aromatic N) is 1. The molecule has 2 aromatic rings. The van der Waals surface area contributed by atoms with Crippen molar-refractivity contribution < 1.29 is 19.1 Å². The van der Waals surface area contributed by atoms with E-state index in [2.05, 4.69) is 61.0 Å². The van der Waals surface area contributed by atoms with Crippen LogP contribution in [-0.4, -0.2) is 34.2 Å². The number of benzene rings is 2. The lowest BCUT2D eigenvalue weighted by molar-refractivity contribution is -0.143. The summed E-state index contributed by atoms with van der Waals surface area (Å²) in [5.74, 6) is 0.255. The van der Waals surface area contributed by atoms with Gasteiger partial charge in [-0.1, -0.05) is 84.9 Å². The molecule has 1 fully saturated rings. The Hall–Kier alpha value is -2.16. The van der Waals surface area contributed by atoms with Gasteiger partial charge in [-0.05, 0) is 54.2 Å². The summed E-state index contributed by atoms with van der Waals surface area (Å²) in [5, 5.41) is 0. The number of esters is 1. The molecule has 0 radical (unpaired) electrons. The van der Waals surface area contributed by atoms with Gasteiger partial charge >= 0.3 is 5.97 Å². The Labute approximate surface area is 225 Å². The molecule has 1 saturated heterocycles. The molecule has 1 aliphatic rings. The summed E-state index contributed by atoms with van der Waals surface area (Å²) >= 11 is 10.2. The number of rotatable bonds is 9. The number of hydrogen-bond donors (Lipinski definition) is 0. The average molecular weight is 577 g/mol. The lowest BCUT2D eigenvalue weighted by Crippen LogP contribution is -2.29. The predicted molar refractivity (Wildman–Crippen MR) is 149 cm³/mol. The molecular formula is C27H30BrNO4S2. The summed E-state index contributed by atoms with van der Waals surface area (Å²) in [4.78, 5) is 26.6. The average Bonchev–Trinajstić information content (AvgIpc) is 3.06. The van der Waals surface area contributed by atoms with E-state index in [4.69, 9.17) is 21.7 Å². The molecule has 0 saturated carbocycles.